The molecule has 0 spiro atoms. The minimum absolute atomic E-state index is 0.0295. The molecular formula is C16H30N2O4. The second kappa shape index (κ2) is 6.86. The number of nitrogens with zero attached hydrogens (tertiary/aromatic N) is 1. The van der Waals surface area contributed by atoms with Gasteiger partial charge in [-0.05, 0) is 27.7 Å². The number of carbonyl (C=O) groups is 2. The van der Waals surface area contributed by atoms with E-state index < -0.39 is 11.0 Å². The minimum atomic E-state index is -0.519. The first-order chi connectivity index (χ1) is 9.88. The Kier molecular flexibility index (Phi) is 5.84. The van der Waals surface area contributed by atoms with E-state index in [1.807, 2.05) is 48.5 Å². The Morgan fingerprint density at radius 3 is 2.27 bits per heavy atom. The Morgan fingerprint density at radius 1 is 1.18 bits per heavy atom. The molecule has 0 aromatic carbocycles. The standard InChI is InChI=1S/C16H30N2O4/c1-11-9-18(14(20)22-16(5,6)7)10-12(21-11)8-17-13(19)15(2,3)4/h11-12H,8-10H2,1-7H3,(H,17,19)/t11-,12+/m1/s1. The van der Waals surface area contributed by atoms with Crippen molar-refractivity contribution < 1.29 is 19.1 Å². The van der Waals surface area contributed by atoms with Crippen molar-refractivity contribution in [1.82, 2.24) is 10.2 Å². The number of morpholine rings is 1. The van der Waals surface area contributed by atoms with Gasteiger partial charge in [0, 0.05) is 12.0 Å². The molecule has 1 N–H and O–H groups in total. The van der Waals surface area contributed by atoms with Crippen molar-refractivity contribution in [2.24, 2.45) is 5.41 Å². The van der Waals surface area contributed by atoms with Crippen molar-refractivity contribution in [2.75, 3.05) is 19.6 Å². The average molecular weight is 314 g/mol. The lowest BCUT2D eigenvalue weighted by Gasteiger charge is -2.37. The third kappa shape index (κ3) is 6.22. The fraction of sp³-hybridized carbons (Fsp3) is 0.875. The number of ether oxygens (including phenoxy) is 2. The molecule has 1 aliphatic rings. The van der Waals surface area contributed by atoms with Crippen LogP contribution in [0.5, 0.6) is 0 Å². The number of nitrogens with one attached hydrogen (secondary N) is 1. The maximum absolute atomic E-state index is 12.2. The average Bonchev–Trinajstić information content (AvgIpc) is 2.32. The van der Waals surface area contributed by atoms with E-state index in [1.54, 1.807) is 4.90 Å². The summed E-state index contributed by atoms with van der Waals surface area (Å²) in [6.07, 6.45) is -0.643. The highest BCUT2D eigenvalue weighted by atomic mass is 16.6. The largest absolute Gasteiger partial charge is 0.444 e. The van der Waals surface area contributed by atoms with E-state index in [2.05, 4.69) is 5.32 Å². The van der Waals surface area contributed by atoms with Gasteiger partial charge in [0.1, 0.15) is 5.60 Å². The van der Waals surface area contributed by atoms with Crippen LogP contribution in [0, 0.1) is 5.41 Å². The summed E-state index contributed by atoms with van der Waals surface area (Å²) in [5, 5.41) is 2.88. The maximum atomic E-state index is 12.2. The van der Waals surface area contributed by atoms with Crippen molar-refractivity contribution in [2.45, 2.75) is 66.3 Å². The van der Waals surface area contributed by atoms with Crippen LogP contribution in [0.4, 0.5) is 4.79 Å². The monoisotopic (exact) mass is 314 g/mol. The lowest BCUT2D eigenvalue weighted by Crippen LogP contribution is -2.54. The van der Waals surface area contributed by atoms with Crippen LogP contribution >= 0.6 is 0 Å². The number of hydrogen-bond donors (Lipinski definition) is 1. The van der Waals surface area contributed by atoms with Gasteiger partial charge in [-0.15, -0.1) is 0 Å². The van der Waals surface area contributed by atoms with E-state index in [-0.39, 0.29) is 24.2 Å². The SMILES string of the molecule is C[C@@H]1CN(C(=O)OC(C)(C)C)C[C@H](CNC(=O)C(C)(C)C)O1. The summed E-state index contributed by atoms with van der Waals surface area (Å²) in [4.78, 5) is 25.7. The van der Waals surface area contributed by atoms with Crippen molar-refractivity contribution in [3.05, 3.63) is 0 Å². The Hall–Kier alpha value is -1.30. The summed E-state index contributed by atoms with van der Waals surface area (Å²) in [7, 11) is 0. The number of rotatable bonds is 2. The summed E-state index contributed by atoms with van der Waals surface area (Å²) >= 11 is 0. The lowest BCUT2D eigenvalue weighted by atomic mass is 9.95. The van der Waals surface area contributed by atoms with E-state index in [9.17, 15) is 9.59 Å². The molecule has 1 aliphatic heterocycles. The van der Waals surface area contributed by atoms with Gasteiger partial charge in [0.05, 0.1) is 25.3 Å². The molecule has 128 valence electrons. The van der Waals surface area contributed by atoms with Gasteiger partial charge in [-0.25, -0.2) is 4.79 Å². The second-order valence-corrected chi connectivity index (χ2v) is 7.91. The molecule has 0 aromatic heterocycles. The highest BCUT2D eigenvalue weighted by Gasteiger charge is 2.32. The van der Waals surface area contributed by atoms with Gasteiger partial charge in [0.15, 0.2) is 0 Å². The molecule has 0 aromatic rings. The molecule has 0 aliphatic carbocycles. The topological polar surface area (TPSA) is 67.9 Å². The molecule has 2 amide bonds. The van der Waals surface area contributed by atoms with Crippen molar-refractivity contribution in [3.8, 4) is 0 Å². The van der Waals surface area contributed by atoms with E-state index in [1.165, 1.54) is 0 Å². The van der Waals surface area contributed by atoms with Crippen LogP contribution in [0.2, 0.25) is 0 Å². The highest BCUT2D eigenvalue weighted by molar-refractivity contribution is 5.81. The van der Waals surface area contributed by atoms with Gasteiger partial charge < -0.3 is 19.7 Å². The van der Waals surface area contributed by atoms with Crippen molar-refractivity contribution >= 4 is 12.0 Å². The van der Waals surface area contributed by atoms with E-state index >= 15 is 0 Å². The summed E-state index contributed by atoms with van der Waals surface area (Å²) in [6.45, 7) is 14.3. The van der Waals surface area contributed by atoms with Crippen LogP contribution in [0.25, 0.3) is 0 Å². The third-order valence-electron chi connectivity index (χ3n) is 3.15. The summed E-state index contributed by atoms with van der Waals surface area (Å²) in [5.41, 5.74) is -0.959. The molecule has 6 nitrogen and oxygen atoms in total. The highest BCUT2D eigenvalue weighted by Crippen LogP contribution is 2.17. The predicted molar refractivity (Wildman–Crippen MR) is 84.6 cm³/mol. The fourth-order valence-corrected chi connectivity index (χ4v) is 2.11. The molecule has 0 unspecified atom stereocenters. The second-order valence-electron chi connectivity index (χ2n) is 7.91. The van der Waals surface area contributed by atoms with Gasteiger partial charge >= 0.3 is 6.09 Å². The molecule has 22 heavy (non-hydrogen) atoms. The van der Waals surface area contributed by atoms with Crippen molar-refractivity contribution in [1.29, 1.82) is 0 Å². The predicted octanol–water partition coefficient (Wildman–Crippen LogP) is 2.17. The van der Waals surface area contributed by atoms with Gasteiger partial charge in [-0.2, -0.15) is 0 Å². The van der Waals surface area contributed by atoms with Crippen LogP contribution in [0.15, 0.2) is 0 Å². The molecule has 1 heterocycles. The number of carbonyl (C=O) groups excluding carboxylic acids is 2. The van der Waals surface area contributed by atoms with Gasteiger partial charge in [0.25, 0.3) is 0 Å². The molecular weight excluding hydrogens is 284 g/mol. The Bertz CT molecular complexity index is 409. The van der Waals surface area contributed by atoms with E-state index in [4.69, 9.17) is 9.47 Å². The molecule has 1 fully saturated rings. The van der Waals surface area contributed by atoms with Crippen LogP contribution in [0.1, 0.15) is 48.5 Å². The number of amides is 2. The Morgan fingerprint density at radius 2 is 1.77 bits per heavy atom. The van der Waals surface area contributed by atoms with E-state index in [0.717, 1.165) is 0 Å². The van der Waals surface area contributed by atoms with Gasteiger partial charge in [0.2, 0.25) is 5.91 Å². The minimum Gasteiger partial charge on any atom is -0.444 e. The van der Waals surface area contributed by atoms with Gasteiger partial charge in [-0.3, -0.25) is 4.79 Å². The van der Waals surface area contributed by atoms with Crippen LogP contribution in [0.3, 0.4) is 0 Å². The van der Waals surface area contributed by atoms with Gasteiger partial charge in [-0.1, -0.05) is 20.8 Å². The number of hydrogen-bond acceptors (Lipinski definition) is 4. The lowest BCUT2D eigenvalue weighted by molar-refractivity contribution is -0.130. The third-order valence-corrected chi connectivity index (χ3v) is 3.15. The van der Waals surface area contributed by atoms with Crippen LogP contribution in [-0.2, 0) is 14.3 Å². The van der Waals surface area contributed by atoms with Crippen molar-refractivity contribution in [3.63, 3.8) is 0 Å². The maximum Gasteiger partial charge on any atom is 0.410 e. The summed E-state index contributed by atoms with van der Waals surface area (Å²) < 4.78 is 11.2. The zero-order valence-corrected chi connectivity index (χ0v) is 14.9. The summed E-state index contributed by atoms with van der Waals surface area (Å²) in [5.74, 6) is -0.0295. The first kappa shape index (κ1) is 18.7. The molecule has 0 bridgehead atoms. The smallest absolute Gasteiger partial charge is 0.410 e. The quantitative estimate of drug-likeness (QED) is 0.848. The first-order valence-corrected chi connectivity index (χ1v) is 7.80. The first-order valence-electron chi connectivity index (χ1n) is 7.80. The Labute approximate surface area is 133 Å². The molecule has 0 radical (unpaired) electrons. The van der Waals surface area contributed by atoms with Crippen LogP contribution in [-0.4, -0.2) is 54.3 Å². The zero-order valence-electron chi connectivity index (χ0n) is 14.9. The fourth-order valence-electron chi connectivity index (χ4n) is 2.11. The zero-order chi connectivity index (χ0) is 17.1. The Balaban J connectivity index is 2.56. The van der Waals surface area contributed by atoms with E-state index in [0.29, 0.717) is 19.6 Å². The molecule has 1 saturated heterocycles. The molecule has 1 rings (SSSR count). The van der Waals surface area contributed by atoms with Crippen LogP contribution < -0.4 is 5.32 Å². The summed E-state index contributed by atoms with van der Waals surface area (Å²) in [6, 6.07) is 0. The molecule has 0 saturated carbocycles. The molecule has 6 heteroatoms. The normalized spacial score (nSPS) is 23.1. The molecule has 2 atom stereocenters.